The van der Waals surface area contributed by atoms with Gasteiger partial charge in [-0.15, -0.1) is 0 Å². The van der Waals surface area contributed by atoms with Crippen molar-refractivity contribution in [3.8, 4) is 11.5 Å². The van der Waals surface area contributed by atoms with E-state index in [9.17, 15) is 13.2 Å². The number of nitrogen functional groups attached to an aromatic ring is 1. The summed E-state index contributed by atoms with van der Waals surface area (Å²) >= 11 is 0. The molecule has 0 saturated carbocycles. The van der Waals surface area contributed by atoms with Gasteiger partial charge >= 0.3 is 6.18 Å². The van der Waals surface area contributed by atoms with E-state index in [1.54, 1.807) is 10.8 Å². The van der Waals surface area contributed by atoms with Crippen LogP contribution < -0.4 is 5.73 Å². The van der Waals surface area contributed by atoms with Crippen molar-refractivity contribution in [2.45, 2.75) is 26.1 Å². The molecule has 2 rings (SSSR count). The molecule has 2 aromatic heterocycles. The molecule has 2 heterocycles. The number of halogens is 3. The minimum Gasteiger partial charge on any atom is -0.368 e. The average Bonchev–Trinajstić information content (AvgIpc) is 2.76. The molecule has 0 atom stereocenters. The number of hydrogen-bond donors (Lipinski definition) is 1. The highest BCUT2D eigenvalue weighted by molar-refractivity contribution is 5.52. The zero-order valence-electron chi connectivity index (χ0n) is 10.1. The molecule has 0 aliphatic heterocycles. The minimum absolute atomic E-state index is 0.0678. The predicted molar refractivity (Wildman–Crippen MR) is 63.0 cm³/mol. The molecule has 0 saturated heterocycles. The number of alkyl halides is 3. The lowest BCUT2D eigenvalue weighted by atomic mass is 10.3. The second-order valence-corrected chi connectivity index (χ2v) is 3.94. The molecule has 0 bridgehead atoms. The maximum absolute atomic E-state index is 12.7. The van der Waals surface area contributed by atoms with Gasteiger partial charge in [-0.2, -0.15) is 13.2 Å². The molecule has 0 aromatic carbocycles. The second kappa shape index (κ2) is 4.87. The number of hydrogen-bond acceptors (Lipinski definition) is 4. The van der Waals surface area contributed by atoms with Gasteiger partial charge in [0.15, 0.2) is 11.5 Å². The number of imidazole rings is 1. The van der Waals surface area contributed by atoms with Crippen LogP contribution in [0.2, 0.25) is 0 Å². The first-order valence-corrected chi connectivity index (χ1v) is 5.65. The van der Waals surface area contributed by atoms with Crippen molar-refractivity contribution in [2.75, 3.05) is 5.73 Å². The largest absolute Gasteiger partial charge is 0.433 e. The van der Waals surface area contributed by atoms with Crippen LogP contribution in [0.15, 0.2) is 18.5 Å². The Morgan fingerprint density at radius 2 is 2.05 bits per heavy atom. The van der Waals surface area contributed by atoms with Crippen LogP contribution in [0.3, 0.4) is 0 Å². The van der Waals surface area contributed by atoms with Crippen LogP contribution in [-0.2, 0) is 12.7 Å². The molecule has 19 heavy (non-hydrogen) atoms. The van der Waals surface area contributed by atoms with E-state index in [1.807, 2.05) is 6.92 Å². The highest BCUT2D eigenvalue weighted by atomic mass is 19.4. The summed E-state index contributed by atoms with van der Waals surface area (Å²) in [6, 6.07) is 0.852. The topological polar surface area (TPSA) is 69.6 Å². The maximum Gasteiger partial charge on any atom is 0.433 e. The zero-order chi connectivity index (χ0) is 14.0. The molecule has 2 N–H and O–H groups in total. The van der Waals surface area contributed by atoms with Crippen LogP contribution in [0.5, 0.6) is 0 Å². The first-order chi connectivity index (χ1) is 8.91. The lowest BCUT2D eigenvalue weighted by Gasteiger charge is -2.09. The molecular formula is C11H12F3N5. The predicted octanol–water partition coefficient (Wildman–Crippen LogP) is 2.35. The normalized spacial score (nSPS) is 11.8. The van der Waals surface area contributed by atoms with Crippen LogP contribution in [0, 0.1) is 0 Å². The van der Waals surface area contributed by atoms with Crippen LogP contribution >= 0.6 is 0 Å². The fourth-order valence-electron chi connectivity index (χ4n) is 1.69. The molecule has 0 amide bonds. The zero-order valence-corrected chi connectivity index (χ0v) is 10.1. The molecule has 102 valence electrons. The summed E-state index contributed by atoms with van der Waals surface area (Å²) in [5, 5.41) is 0. The molecule has 0 aliphatic carbocycles. The summed E-state index contributed by atoms with van der Waals surface area (Å²) in [7, 11) is 0. The van der Waals surface area contributed by atoms with E-state index in [0.717, 1.165) is 12.5 Å². The Morgan fingerprint density at radius 3 is 2.68 bits per heavy atom. The SMILES string of the molecule is CCCn1ccnc1-c1cc(C(F)(F)F)nc(N)n1. The highest BCUT2D eigenvalue weighted by Gasteiger charge is 2.33. The van der Waals surface area contributed by atoms with Crippen LogP contribution in [0.25, 0.3) is 11.5 Å². The van der Waals surface area contributed by atoms with Crippen molar-refractivity contribution in [1.82, 2.24) is 19.5 Å². The monoisotopic (exact) mass is 271 g/mol. The number of nitrogens with two attached hydrogens (primary N) is 1. The minimum atomic E-state index is -4.56. The summed E-state index contributed by atoms with van der Waals surface area (Å²) in [6.07, 6.45) is -0.537. The lowest BCUT2D eigenvalue weighted by molar-refractivity contribution is -0.141. The van der Waals surface area contributed by atoms with Gasteiger partial charge in [0.1, 0.15) is 5.69 Å². The molecule has 8 heteroatoms. The van der Waals surface area contributed by atoms with Crippen molar-refractivity contribution in [2.24, 2.45) is 0 Å². The highest BCUT2D eigenvalue weighted by Crippen LogP contribution is 2.30. The van der Waals surface area contributed by atoms with Crippen molar-refractivity contribution in [3.63, 3.8) is 0 Å². The molecule has 0 fully saturated rings. The number of nitrogens with zero attached hydrogens (tertiary/aromatic N) is 4. The van der Waals surface area contributed by atoms with Crippen molar-refractivity contribution < 1.29 is 13.2 Å². The van der Waals surface area contributed by atoms with Gasteiger partial charge < -0.3 is 10.3 Å². The van der Waals surface area contributed by atoms with Gasteiger partial charge in [0, 0.05) is 18.9 Å². The number of anilines is 1. The molecular weight excluding hydrogens is 259 g/mol. The van der Waals surface area contributed by atoms with Gasteiger partial charge in [0.25, 0.3) is 0 Å². The van der Waals surface area contributed by atoms with Crippen molar-refractivity contribution in [3.05, 3.63) is 24.2 Å². The summed E-state index contributed by atoms with van der Waals surface area (Å²) in [4.78, 5) is 11.0. The average molecular weight is 271 g/mol. The van der Waals surface area contributed by atoms with Gasteiger partial charge in [-0.25, -0.2) is 15.0 Å². The van der Waals surface area contributed by atoms with Gasteiger partial charge in [0.05, 0.1) is 0 Å². The number of aromatic nitrogens is 4. The van der Waals surface area contributed by atoms with Crippen LogP contribution in [0.4, 0.5) is 19.1 Å². The third-order valence-electron chi connectivity index (χ3n) is 2.44. The van der Waals surface area contributed by atoms with Crippen molar-refractivity contribution >= 4 is 5.95 Å². The third-order valence-corrected chi connectivity index (χ3v) is 2.44. The Kier molecular flexibility index (Phi) is 3.41. The van der Waals surface area contributed by atoms with E-state index in [4.69, 9.17) is 5.73 Å². The van der Waals surface area contributed by atoms with E-state index in [-0.39, 0.29) is 5.69 Å². The standard InChI is InChI=1S/C11H12F3N5/c1-2-4-19-5-3-16-9(19)7-6-8(11(12,13)14)18-10(15)17-7/h3,5-6H,2,4H2,1H3,(H2,15,17,18). The summed E-state index contributed by atoms with van der Waals surface area (Å²) in [5.74, 6) is -0.0719. The molecule has 0 spiro atoms. The fraction of sp³-hybridized carbons (Fsp3) is 0.364. The lowest BCUT2D eigenvalue weighted by Crippen LogP contribution is -2.12. The van der Waals surface area contributed by atoms with Gasteiger partial charge in [-0.1, -0.05) is 6.92 Å². The van der Waals surface area contributed by atoms with Crippen LogP contribution in [0.1, 0.15) is 19.0 Å². The molecule has 2 aromatic rings. The van der Waals surface area contributed by atoms with Gasteiger partial charge in [0.2, 0.25) is 5.95 Å². The van der Waals surface area contributed by atoms with Gasteiger partial charge in [-0.3, -0.25) is 0 Å². The quantitative estimate of drug-likeness (QED) is 0.930. The third kappa shape index (κ3) is 2.83. The van der Waals surface area contributed by atoms with E-state index in [1.165, 1.54) is 6.20 Å². The molecule has 5 nitrogen and oxygen atoms in total. The Bertz CT molecular complexity index is 576. The first-order valence-electron chi connectivity index (χ1n) is 5.65. The Morgan fingerprint density at radius 1 is 1.32 bits per heavy atom. The van der Waals surface area contributed by atoms with Crippen LogP contribution in [-0.4, -0.2) is 19.5 Å². The first kappa shape index (κ1) is 13.3. The Balaban J connectivity index is 2.50. The number of aryl methyl sites for hydroxylation is 1. The van der Waals surface area contributed by atoms with Gasteiger partial charge in [-0.05, 0) is 12.5 Å². The van der Waals surface area contributed by atoms with E-state index >= 15 is 0 Å². The molecule has 0 unspecified atom stereocenters. The van der Waals surface area contributed by atoms with E-state index in [2.05, 4.69) is 15.0 Å². The second-order valence-electron chi connectivity index (χ2n) is 3.94. The maximum atomic E-state index is 12.7. The summed E-state index contributed by atoms with van der Waals surface area (Å²) in [5.41, 5.74) is 4.33. The fourth-order valence-corrected chi connectivity index (χ4v) is 1.69. The summed E-state index contributed by atoms with van der Waals surface area (Å²) in [6.45, 7) is 2.60. The molecule has 0 radical (unpaired) electrons. The Hall–Kier alpha value is -2.12. The van der Waals surface area contributed by atoms with Crippen molar-refractivity contribution in [1.29, 1.82) is 0 Å². The molecule has 0 aliphatic rings. The Labute approximate surface area is 107 Å². The van der Waals surface area contributed by atoms with E-state index in [0.29, 0.717) is 12.4 Å². The summed E-state index contributed by atoms with van der Waals surface area (Å²) < 4.78 is 39.7. The number of rotatable bonds is 3. The smallest absolute Gasteiger partial charge is 0.368 e. The van der Waals surface area contributed by atoms with E-state index < -0.39 is 17.8 Å².